The molecule has 0 aliphatic heterocycles. The van der Waals surface area contributed by atoms with Crippen LogP contribution in [-0.4, -0.2) is 0 Å². The summed E-state index contributed by atoms with van der Waals surface area (Å²) in [6.07, 6.45) is 19.5. The van der Waals surface area contributed by atoms with Crippen molar-refractivity contribution < 1.29 is 48.0 Å². The van der Waals surface area contributed by atoms with Gasteiger partial charge in [0.15, 0.2) is 0 Å². The Balaban J connectivity index is 0.00000144. The first-order valence-electron chi connectivity index (χ1n) is 13.3. The summed E-state index contributed by atoms with van der Waals surface area (Å²) in [6.45, 7) is 9.56. The average Bonchev–Trinajstić information content (AvgIpc) is 3.44. The van der Waals surface area contributed by atoms with Crippen molar-refractivity contribution in [1.82, 2.24) is 0 Å². The first kappa shape index (κ1) is 27.4. The third-order valence-corrected chi connectivity index (χ3v) is 12.7. The van der Waals surface area contributed by atoms with E-state index in [0.29, 0.717) is 17.8 Å². The predicted molar refractivity (Wildman–Crippen MR) is 137 cm³/mol. The van der Waals surface area contributed by atoms with Gasteiger partial charge in [0.25, 0.3) is 0 Å². The minimum atomic E-state index is -0.348. The molecule has 5 unspecified atom stereocenters. The van der Waals surface area contributed by atoms with E-state index < -0.39 is 0 Å². The monoisotopic (exact) mass is 582 g/mol. The zero-order valence-electron chi connectivity index (χ0n) is 21.6. The fourth-order valence-electron chi connectivity index (χ4n) is 7.61. The number of hydrogen-bond donors (Lipinski definition) is 0. The Hall–Kier alpha value is -0.617. The van der Waals surface area contributed by atoms with Gasteiger partial charge in [-0.3, -0.25) is 0 Å². The SMILES string of the molecule is C[CH2][Zr+2][CH]1CCCC2C1=C1Cc3ccccc3C1=C1C=CCC(C3C=CC(C(C)(C)C)=C3)C12.[Cl-].[Cl-]. The minimum absolute atomic E-state index is 0. The second-order valence-electron chi connectivity index (χ2n) is 11.9. The van der Waals surface area contributed by atoms with Crippen molar-refractivity contribution in [2.75, 3.05) is 0 Å². The normalized spacial score (nSPS) is 30.4. The van der Waals surface area contributed by atoms with Crippen molar-refractivity contribution in [2.24, 2.45) is 29.1 Å². The fourth-order valence-corrected chi connectivity index (χ4v) is 11.3. The topological polar surface area (TPSA) is 0 Å². The van der Waals surface area contributed by atoms with Crippen LogP contribution in [0, 0.1) is 29.1 Å². The van der Waals surface area contributed by atoms with Crippen LogP contribution in [-0.2, 0) is 29.7 Å². The van der Waals surface area contributed by atoms with Crippen LogP contribution >= 0.6 is 0 Å². The van der Waals surface area contributed by atoms with Gasteiger partial charge in [-0.1, -0.05) is 0 Å². The summed E-state index contributed by atoms with van der Waals surface area (Å²) in [6, 6.07) is 9.35. The first-order valence-corrected chi connectivity index (χ1v) is 16.5. The molecule has 0 N–H and O–H groups in total. The predicted octanol–water partition coefficient (Wildman–Crippen LogP) is 2.77. The van der Waals surface area contributed by atoms with Gasteiger partial charge < -0.3 is 24.8 Å². The molecule has 5 aliphatic rings. The molecule has 1 fully saturated rings. The van der Waals surface area contributed by atoms with E-state index in [4.69, 9.17) is 0 Å². The van der Waals surface area contributed by atoms with Crippen molar-refractivity contribution in [3.05, 3.63) is 88.1 Å². The molecule has 1 saturated carbocycles. The van der Waals surface area contributed by atoms with Crippen molar-refractivity contribution in [1.29, 1.82) is 0 Å². The molecule has 35 heavy (non-hydrogen) atoms. The molecule has 1 aromatic carbocycles. The molecular formula is C32H38Cl2Zr. The maximum atomic E-state index is 2.64. The van der Waals surface area contributed by atoms with Crippen LogP contribution in [0.15, 0.2) is 76.9 Å². The molecule has 5 aliphatic carbocycles. The Morgan fingerprint density at radius 2 is 1.83 bits per heavy atom. The van der Waals surface area contributed by atoms with Gasteiger partial charge in [0.05, 0.1) is 0 Å². The van der Waals surface area contributed by atoms with E-state index in [-0.39, 0.29) is 53.5 Å². The molecule has 0 saturated heterocycles. The second-order valence-corrected chi connectivity index (χ2v) is 16.3. The fraction of sp³-hybridized carbons (Fsp3) is 0.500. The molecule has 0 nitrogen and oxygen atoms in total. The Labute approximate surface area is 236 Å². The molecule has 184 valence electrons. The van der Waals surface area contributed by atoms with Gasteiger partial charge in [-0.15, -0.1) is 0 Å². The van der Waals surface area contributed by atoms with E-state index >= 15 is 0 Å². The summed E-state index contributed by atoms with van der Waals surface area (Å²) >= 11 is -0.348. The summed E-state index contributed by atoms with van der Waals surface area (Å²) in [5, 5.41) is 0. The minimum Gasteiger partial charge on any atom is -1.00 e. The molecule has 6 rings (SSSR count). The van der Waals surface area contributed by atoms with Crippen molar-refractivity contribution >= 4 is 5.57 Å². The van der Waals surface area contributed by atoms with Gasteiger partial charge in [-0.25, -0.2) is 0 Å². The first-order chi connectivity index (χ1) is 16.0. The van der Waals surface area contributed by atoms with E-state index in [2.05, 4.69) is 82.3 Å². The van der Waals surface area contributed by atoms with Crippen molar-refractivity contribution in [2.45, 2.75) is 67.6 Å². The smallest absolute Gasteiger partial charge is 1.00 e. The molecule has 3 heteroatoms. The number of allylic oxidation sites excluding steroid dienone is 10. The second kappa shape index (κ2) is 10.6. The third-order valence-electron chi connectivity index (χ3n) is 9.02. The quantitative estimate of drug-likeness (QED) is 0.513. The maximum Gasteiger partial charge on any atom is -1.00 e. The Kier molecular flexibility index (Phi) is 8.33. The van der Waals surface area contributed by atoms with Gasteiger partial charge in [0, 0.05) is 0 Å². The molecule has 5 atom stereocenters. The molecule has 0 radical (unpaired) electrons. The van der Waals surface area contributed by atoms with Crippen LogP contribution in [0.3, 0.4) is 0 Å². The molecule has 0 heterocycles. The molecular weight excluding hydrogens is 546 g/mol. The number of halogens is 2. The van der Waals surface area contributed by atoms with E-state index in [1.54, 1.807) is 27.8 Å². The molecule has 0 amide bonds. The van der Waals surface area contributed by atoms with Crippen LogP contribution < -0.4 is 24.8 Å². The van der Waals surface area contributed by atoms with Crippen LogP contribution in [0.1, 0.15) is 64.5 Å². The Morgan fingerprint density at radius 3 is 2.57 bits per heavy atom. The van der Waals surface area contributed by atoms with Gasteiger partial charge in [-0.05, 0) is 0 Å². The molecule has 1 aromatic rings. The zero-order valence-corrected chi connectivity index (χ0v) is 25.6. The summed E-state index contributed by atoms with van der Waals surface area (Å²) < 4.78 is 2.46. The number of hydrogen-bond acceptors (Lipinski definition) is 0. The van der Waals surface area contributed by atoms with Crippen molar-refractivity contribution in [3.8, 4) is 0 Å². The standard InChI is InChI=1S/C30H33.C2H5.2ClH.Zr/c1-30(2,3)21-16-15-20(17-21)23-13-8-14-26-28(23)25-12-7-6-11-24(25)27-18-19-9-4-5-10-22(19)29(26)27;1-2;;;/h4-5,8-11,14-17,20,23,25,28H,6-7,12-13,18H2,1-3H3;1H2,2H3;2*1H;/q;;;;+2/p-2. The molecule has 0 spiro atoms. The third kappa shape index (κ3) is 4.62. The average molecular weight is 585 g/mol. The zero-order chi connectivity index (χ0) is 22.7. The molecule has 0 bridgehead atoms. The van der Waals surface area contributed by atoms with Gasteiger partial charge in [0.2, 0.25) is 0 Å². The van der Waals surface area contributed by atoms with Crippen LogP contribution in [0.25, 0.3) is 5.57 Å². The summed E-state index contributed by atoms with van der Waals surface area (Å²) in [5.74, 6) is 2.82. The Morgan fingerprint density at radius 1 is 1.03 bits per heavy atom. The van der Waals surface area contributed by atoms with Gasteiger partial charge in [-0.2, -0.15) is 0 Å². The molecule has 0 aromatic heterocycles. The summed E-state index contributed by atoms with van der Waals surface area (Å²) in [5.41, 5.74) is 12.1. The largest absolute Gasteiger partial charge is 1.00 e. The van der Waals surface area contributed by atoms with Crippen LogP contribution in [0.2, 0.25) is 7.75 Å². The van der Waals surface area contributed by atoms with Gasteiger partial charge in [0.1, 0.15) is 0 Å². The van der Waals surface area contributed by atoms with Crippen LogP contribution in [0.5, 0.6) is 0 Å². The van der Waals surface area contributed by atoms with Gasteiger partial charge >= 0.3 is 214 Å². The summed E-state index contributed by atoms with van der Waals surface area (Å²) in [4.78, 5) is 0. The van der Waals surface area contributed by atoms with Crippen molar-refractivity contribution in [3.63, 3.8) is 0 Å². The van der Waals surface area contributed by atoms with Crippen LogP contribution in [0.4, 0.5) is 0 Å². The Bertz CT molecular complexity index is 1120. The number of fused-ring (bicyclic) bond motifs is 6. The van der Waals surface area contributed by atoms with E-state index in [0.717, 1.165) is 9.54 Å². The maximum absolute atomic E-state index is 2.64. The summed E-state index contributed by atoms with van der Waals surface area (Å²) in [7, 11) is 0. The van der Waals surface area contributed by atoms with E-state index in [9.17, 15) is 0 Å². The number of rotatable bonds is 3. The number of benzene rings is 1. The van der Waals surface area contributed by atoms with E-state index in [1.807, 2.05) is 5.57 Å². The van der Waals surface area contributed by atoms with E-state index in [1.165, 1.54) is 41.8 Å².